The first-order valence-electron chi connectivity index (χ1n) is 8.11. The first-order valence-corrected chi connectivity index (χ1v) is 11.8. The van der Waals surface area contributed by atoms with Gasteiger partial charge in [0.2, 0.25) is 0 Å². The van der Waals surface area contributed by atoms with Crippen LogP contribution in [0.3, 0.4) is 0 Å². The number of carbonyl (C=O) groups excluding carboxylic acids is 1. The molecule has 1 amide bonds. The molecule has 130 valence electrons. The average Bonchev–Trinajstić information content (AvgIpc) is 2.66. The Kier molecular flexibility index (Phi) is 7.75. The molecule has 0 aromatic carbocycles. The van der Waals surface area contributed by atoms with E-state index >= 15 is 0 Å². The molecule has 0 saturated heterocycles. The van der Waals surface area contributed by atoms with Crippen LogP contribution in [0.2, 0.25) is 25.7 Å². The Balaban J connectivity index is 2.07. The van der Waals surface area contributed by atoms with Gasteiger partial charge < -0.3 is 15.8 Å². The standard InChI is InChI=1S/C15H30F2N2O2Si/c1-22(2,3)7-5-19-15(20)21-6-4-12(18)8-11-9-13(16)14(17)10-11/h11-14H,4-10,18H2,1-3H3,(H,19,20). The summed E-state index contributed by atoms with van der Waals surface area (Å²) >= 11 is 0. The Morgan fingerprint density at radius 3 is 2.45 bits per heavy atom. The SMILES string of the molecule is C[Si](C)(C)CCNC(=O)OCCC(N)CC1CC(F)C(F)C1. The minimum absolute atomic E-state index is 0.00516. The third-order valence-corrected chi connectivity index (χ3v) is 5.76. The molecular formula is C15H30F2N2O2Si. The van der Waals surface area contributed by atoms with Crippen LogP contribution in [-0.2, 0) is 4.74 Å². The summed E-state index contributed by atoms with van der Waals surface area (Å²) in [6.45, 7) is 7.60. The minimum Gasteiger partial charge on any atom is -0.450 e. The molecule has 22 heavy (non-hydrogen) atoms. The second kappa shape index (κ2) is 8.81. The Bertz CT molecular complexity index is 343. The molecule has 0 heterocycles. The van der Waals surface area contributed by atoms with Crippen LogP contribution >= 0.6 is 0 Å². The lowest BCUT2D eigenvalue weighted by Gasteiger charge is -2.17. The summed E-state index contributed by atoms with van der Waals surface area (Å²) in [7, 11) is -1.16. The summed E-state index contributed by atoms with van der Waals surface area (Å²) in [5.74, 6) is 0.00516. The molecule has 0 aromatic heterocycles. The lowest BCUT2D eigenvalue weighted by Crippen LogP contribution is -2.32. The van der Waals surface area contributed by atoms with E-state index in [1.165, 1.54) is 0 Å². The van der Waals surface area contributed by atoms with Crippen LogP contribution in [0.1, 0.15) is 25.7 Å². The van der Waals surface area contributed by atoms with Crippen molar-refractivity contribution < 1.29 is 18.3 Å². The van der Waals surface area contributed by atoms with Gasteiger partial charge >= 0.3 is 6.09 Å². The van der Waals surface area contributed by atoms with Crippen LogP contribution in [0.5, 0.6) is 0 Å². The number of alkyl halides is 2. The van der Waals surface area contributed by atoms with E-state index in [1.807, 2.05) is 0 Å². The number of nitrogens with one attached hydrogen (secondary N) is 1. The fourth-order valence-electron chi connectivity index (χ4n) is 2.66. The Morgan fingerprint density at radius 2 is 1.91 bits per heavy atom. The number of amides is 1. The molecule has 3 N–H and O–H groups in total. The van der Waals surface area contributed by atoms with Crippen LogP contribution < -0.4 is 11.1 Å². The Hall–Kier alpha value is -0.693. The maximum atomic E-state index is 13.1. The van der Waals surface area contributed by atoms with Crippen molar-refractivity contribution in [2.75, 3.05) is 13.2 Å². The van der Waals surface area contributed by atoms with Crippen molar-refractivity contribution in [3.8, 4) is 0 Å². The molecule has 1 fully saturated rings. The van der Waals surface area contributed by atoms with E-state index in [0.29, 0.717) is 19.4 Å². The third-order valence-electron chi connectivity index (χ3n) is 4.01. The van der Waals surface area contributed by atoms with Gasteiger partial charge in [-0.2, -0.15) is 0 Å². The summed E-state index contributed by atoms with van der Waals surface area (Å²) < 4.78 is 31.2. The van der Waals surface area contributed by atoms with Crippen molar-refractivity contribution in [2.45, 2.75) is 69.8 Å². The summed E-state index contributed by atoms with van der Waals surface area (Å²) in [5, 5.41) is 2.73. The van der Waals surface area contributed by atoms with E-state index in [9.17, 15) is 13.6 Å². The van der Waals surface area contributed by atoms with Crippen molar-refractivity contribution in [2.24, 2.45) is 11.7 Å². The highest BCUT2D eigenvalue weighted by molar-refractivity contribution is 6.76. The molecule has 0 spiro atoms. The molecule has 0 bridgehead atoms. The van der Waals surface area contributed by atoms with Crippen molar-refractivity contribution in [1.29, 1.82) is 0 Å². The van der Waals surface area contributed by atoms with Crippen LogP contribution in [0.4, 0.5) is 13.6 Å². The highest BCUT2D eigenvalue weighted by Gasteiger charge is 2.34. The van der Waals surface area contributed by atoms with Crippen LogP contribution in [-0.4, -0.2) is 45.7 Å². The van der Waals surface area contributed by atoms with Gasteiger partial charge in [0.05, 0.1) is 6.61 Å². The molecule has 0 aromatic rings. The summed E-state index contributed by atoms with van der Waals surface area (Å²) in [6, 6.07) is 0.829. The normalized spacial score (nSPS) is 26.7. The van der Waals surface area contributed by atoms with Gasteiger partial charge in [-0.05, 0) is 37.6 Å². The quantitative estimate of drug-likeness (QED) is 0.669. The van der Waals surface area contributed by atoms with Gasteiger partial charge in [0.15, 0.2) is 0 Å². The highest BCUT2D eigenvalue weighted by Crippen LogP contribution is 2.33. The number of halogens is 2. The van der Waals surface area contributed by atoms with Gasteiger partial charge in [0.25, 0.3) is 0 Å². The van der Waals surface area contributed by atoms with Gasteiger partial charge in [-0.1, -0.05) is 19.6 Å². The zero-order valence-corrected chi connectivity index (χ0v) is 14.9. The third kappa shape index (κ3) is 8.08. The maximum absolute atomic E-state index is 13.1. The molecule has 7 heteroatoms. The number of alkyl carbamates (subject to hydrolysis) is 1. The second-order valence-electron chi connectivity index (χ2n) is 7.53. The summed E-state index contributed by atoms with van der Waals surface area (Å²) in [6.07, 6.45) is -1.48. The predicted octanol–water partition coefficient (Wildman–Crippen LogP) is 3.24. The van der Waals surface area contributed by atoms with E-state index in [2.05, 4.69) is 25.0 Å². The predicted molar refractivity (Wildman–Crippen MR) is 87.2 cm³/mol. The lowest BCUT2D eigenvalue weighted by atomic mass is 9.97. The van der Waals surface area contributed by atoms with E-state index < -0.39 is 26.5 Å². The van der Waals surface area contributed by atoms with E-state index in [0.717, 1.165) is 6.04 Å². The van der Waals surface area contributed by atoms with Crippen molar-refractivity contribution in [1.82, 2.24) is 5.32 Å². The van der Waals surface area contributed by atoms with Gasteiger partial charge in [-0.3, -0.25) is 0 Å². The zero-order valence-electron chi connectivity index (χ0n) is 13.9. The number of hydrogen-bond acceptors (Lipinski definition) is 3. The minimum atomic E-state index is -1.34. The Morgan fingerprint density at radius 1 is 1.32 bits per heavy atom. The zero-order chi connectivity index (χ0) is 16.8. The topological polar surface area (TPSA) is 64.3 Å². The number of ether oxygens (including phenoxy) is 1. The molecule has 1 aliphatic rings. The van der Waals surface area contributed by atoms with Crippen molar-refractivity contribution in [3.63, 3.8) is 0 Å². The highest BCUT2D eigenvalue weighted by atomic mass is 28.3. The number of hydrogen-bond donors (Lipinski definition) is 2. The molecule has 1 aliphatic carbocycles. The molecule has 3 atom stereocenters. The molecule has 1 saturated carbocycles. The summed E-state index contributed by atoms with van der Waals surface area (Å²) in [5.41, 5.74) is 5.94. The van der Waals surface area contributed by atoms with E-state index in [-0.39, 0.29) is 31.4 Å². The van der Waals surface area contributed by atoms with Crippen molar-refractivity contribution in [3.05, 3.63) is 0 Å². The first kappa shape index (κ1) is 19.4. The number of nitrogens with two attached hydrogens (primary N) is 1. The number of rotatable bonds is 8. The molecule has 4 nitrogen and oxygen atoms in total. The fraction of sp³-hybridized carbons (Fsp3) is 0.933. The van der Waals surface area contributed by atoms with Crippen LogP contribution in [0.25, 0.3) is 0 Å². The van der Waals surface area contributed by atoms with Crippen LogP contribution in [0, 0.1) is 5.92 Å². The van der Waals surface area contributed by atoms with Gasteiger partial charge in [-0.25, -0.2) is 13.6 Å². The van der Waals surface area contributed by atoms with E-state index in [1.54, 1.807) is 0 Å². The molecule has 0 radical (unpaired) electrons. The first-order chi connectivity index (χ1) is 10.2. The van der Waals surface area contributed by atoms with Gasteiger partial charge in [0, 0.05) is 20.7 Å². The number of carbonyl (C=O) groups is 1. The Labute approximate surface area is 133 Å². The fourth-order valence-corrected chi connectivity index (χ4v) is 3.54. The van der Waals surface area contributed by atoms with E-state index in [4.69, 9.17) is 10.5 Å². The van der Waals surface area contributed by atoms with Gasteiger partial charge in [0.1, 0.15) is 12.3 Å². The molecule has 3 unspecified atom stereocenters. The maximum Gasteiger partial charge on any atom is 0.407 e. The average molecular weight is 336 g/mol. The molecule has 0 aliphatic heterocycles. The monoisotopic (exact) mass is 336 g/mol. The molecule has 1 rings (SSSR count). The van der Waals surface area contributed by atoms with Crippen molar-refractivity contribution >= 4 is 14.2 Å². The summed E-state index contributed by atoms with van der Waals surface area (Å²) in [4.78, 5) is 11.5. The lowest BCUT2D eigenvalue weighted by molar-refractivity contribution is 0.141. The smallest absolute Gasteiger partial charge is 0.407 e. The van der Waals surface area contributed by atoms with Gasteiger partial charge in [-0.15, -0.1) is 0 Å². The van der Waals surface area contributed by atoms with Crippen LogP contribution in [0.15, 0.2) is 0 Å². The second-order valence-corrected chi connectivity index (χ2v) is 13.1. The largest absolute Gasteiger partial charge is 0.450 e. The molecular weight excluding hydrogens is 306 g/mol.